The summed E-state index contributed by atoms with van der Waals surface area (Å²) in [4.78, 5) is 11.6. The Kier molecular flexibility index (Phi) is 5.13. The molecule has 1 aromatic rings. The van der Waals surface area contributed by atoms with Crippen LogP contribution in [0.5, 0.6) is 0 Å². The van der Waals surface area contributed by atoms with Gasteiger partial charge in [0.05, 0.1) is 5.69 Å². The quantitative estimate of drug-likeness (QED) is 0.715. The molecule has 5 nitrogen and oxygen atoms in total. The number of nitrogens with one attached hydrogen (secondary N) is 2. The van der Waals surface area contributed by atoms with Crippen LogP contribution in [0.2, 0.25) is 0 Å². The maximum absolute atomic E-state index is 11.6. The molecule has 0 atom stereocenters. The molecule has 1 amide bonds. The predicted octanol–water partition coefficient (Wildman–Crippen LogP) is 3.45. The maximum atomic E-state index is 11.6. The van der Waals surface area contributed by atoms with E-state index in [9.17, 15) is 4.79 Å². The molecule has 0 heterocycles. The Morgan fingerprint density at radius 1 is 1.37 bits per heavy atom. The molecule has 0 radical (unpaired) electrons. The normalized spacial score (nSPS) is 10.7. The third-order valence-electron chi connectivity index (χ3n) is 1.87. The Bertz CT molecular complexity index is 500. The summed E-state index contributed by atoms with van der Waals surface area (Å²) < 4.78 is 5.95. The van der Waals surface area contributed by atoms with Crippen molar-refractivity contribution < 1.29 is 9.53 Å². The lowest BCUT2D eigenvalue weighted by Gasteiger charge is -2.20. The molecule has 0 aliphatic rings. The fourth-order valence-corrected chi connectivity index (χ4v) is 1.71. The summed E-state index contributed by atoms with van der Waals surface area (Å²) in [6.07, 6.45) is -0.518. The minimum atomic E-state index is -0.542. The fourth-order valence-electron chi connectivity index (χ4n) is 1.25. The van der Waals surface area contributed by atoms with Gasteiger partial charge in [0.1, 0.15) is 5.60 Å². The van der Waals surface area contributed by atoms with Crippen molar-refractivity contribution in [2.75, 3.05) is 10.6 Å². The van der Waals surface area contributed by atoms with Crippen LogP contribution in [0.4, 0.5) is 16.2 Å². The Morgan fingerprint density at radius 3 is 2.53 bits per heavy atom. The number of carbonyl (C=O) groups excluding carboxylic acids is 1. The lowest BCUT2D eigenvalue weighted by atomic mass is 10.2. The van der Waals surface area contributed by atoms with Gasteiger partial charge < -0.3 is 15.8 Å². The second kappa shape index (κ2) is 6.21. The highest BCUT2D eigenvalue weighted by Gasteiger charge is 2.16. The lowest BCUT2D eigenvalue weighted by Crippen LogP contribution is -2.27. The third kappa shape index (κ3) is 5.89. The SMILES string of the molecule is CC(C)(C)OC(=O)Nc1ccc(Br)c(NC(N)=S)c1. The van der Waals surface area contributed by atoms with E-state index in [0.29, 0.717) is 11.4 Å². The van der Waals surface area contributed by atoms with Gasteiger partial charge >= 0.3 is 6.09 Å². The predicted molar refractivity (Wildman–Crippen MR) is 84.4 cm³/mol. The first-order chi connectivity index (χ1) is 8.67. The Labute approximate surface area is 126 Å². The van der Waals surface area contributed by atoms with Crippen molar-refractivity contribution in [3.8, 4) is 0 Å². The van der Waals surface area contributed by atoms with Crippen molar-refractivity contribution in [2.45, 2.75) is 26.4 Å². The van der Waals surface area contributed by atoms with Gasteiger partial charge in [-0.3, -0.25) is 5.32 Å². The van der Waals surface area contributed by atoms with Gasteiger partial charge in [0.25, 0.3) is 0 Å². The largest absolute Gasteiger partial charge is 0.444 e. The first-order valence-corrected chi connectivity index (χ1v) is 6.73. The second-order valence-corrected chi connectivity index (χ2v) is 6.10. The number of hydrogen-bond acceptors (Lipinski definition) is 3. The highest BCUT2D eigenvalue weighted by molar-refractivity contribution is 9.10. The van der Waals surface area contributed by atoms with E-state index in [-0.39, 0.29) is 5.11 Å². The molecule has 0 bridgehead atoms. The number of benzene rings is 1. The van der Waals surface area contributed by atoms with E-state index in [2.05, 4.69) is 26.6 Å². The number of amides is 1. The number of thiocarbonyl (C=S) groups is 1. The van der Waals surface area contributed by atoms with E-state index in [4.69, 9.17) is 22.7 Å². The van der Waals surface area contributed by atoms with Gasteiger partial charge in [0, 0.05) is 10.2 Å². The highest BCUT2D eigenvalue weighted by atomic mass is 79.9. The zero-order valence-electron chi connectivity index (χ0n) is 10.9. The van der Waals surface area contributed by atoms with E-state index in [0.717, 1.165) is 4.47 Å². The van der Waals surface area contributed by atoms with E-state index in [1.54, 1.807) is 39.0 Å². The fraction of sp³-hybridized carbons (Fsp3) is 0.333. The van der Waals surface area contributed by atoms with E-state index >= 15 is 0 Å². The minimum absolute atomic E-state index is 0.148. The molecule has 0 saturated heterocycles. The molecule has 7 heteroatoms. The molecule has 0 fully saturated rings. The number of hydrogen-bond donors (Lipinski definition) is 3. The molecular weight excluding hydrogens is 330 g/mol. The molecule has 0 spiro atoms. The number of halogens is 1. The molecule has 0 aliphatic carbocycles. The molecule has 0 saturated carbocycles. The van der Waals surface area contributed by atoms with Gasteiger partial charge in [-0.25, -0.2) is 4.79 Å². The van der Waals surface area contributed by atoms with Crippen molar-refractivity contribution in [3.63, 3.8) is 0 Å². The smallest absolute Gasteiger partial charge is 0.412 e. The number of ether oxygens (including phenoxy) is 1. The summed E-state index contributed by atoms with van der Waals surface area (Å²) in [5, 5.41) is 5.59. The molecule has 0 aromatic heterocycles. The molecule has 104 valence electrons. The van der Waals surface area contributed by atoms with Gasteiger partial charge in [-0.15, -0.1) is 0 Å². The number of rotatable bonds is 2. The number of anilines is 2. The molecular formula is C12H16BrN3O2S. The summed E-state index contributed by atoms with van der Waals surface area (Å²) in [7, 11) is 0. The summed E-state index contributed by atoms with van der Waals surface area (Å²) >= 11 is 8.13. The third-order valence-corrected chi connectivity index (χ3v) is 2.66. The number of carbonyl (C=O) groups is 1. The topological polar surface area (TPSA) is 76.4 Å². The Balaban J connectivity index is 2.79. The van der Waals surface area contributed by atoms with Crippen molar-refractivity contribution in [2.24, 2.45) is 5.73 Å². The van der Waals surface area contributed by atoms with Crippen LogP contribution in [-0.2, 0) is 4.74 Å². The average molecular weight is 346 g/mol. The van der Waals surface area contributed by atoms with Crippen molar-refractivity contribution in [1.29, 1.82) is 0 Å². The van der Waals surface area contributed by atoms with Gasteiger partial charge in [-0.2, -0.15) is 0 Å². The van der Waals surface area contributed by atoms with Gasteiger partial charge in [-0.05, 0) is 67.1 Å². The molecule has 4 N–H and O–H groups in total. The lowest BCUT2D eigenvalue weighted by molar-refractivity contribution is 0.0636. The zero-order valence-corrected chi connectivity index (χ0v) is 13.3. The zero-order chi connectivity index (χ0) is 14.6. The van der Waals surface area contributed by atoms with E-state index in [1.807, 2.05) is 0 Å². The summed E-state index contributed by atoms with van der Waals surface area (Å²) in [6.45, 7) is 5.40. The summed E-state index contributed by atoms with van der Waals surface area (Å²) in [5.41, 5.74) is 6.12. The number of nitrogens with two attached hydrogens (primary N) is 1. The van der Waals surface area contributed by atoms with E-state index in [1.165, 1.54) is 0 Å². The first kappa shape index (κ1) is 15.7. The molecule has 1 aromatic carbocycles. The van der Waals surface area contributed by atoms with Crippen LogP contribution in [0.15, 0.2) is 22.7 Å². The minimum Gasteiger partial charge on any atom is -0.444 e. The standard InChI is InChI=1S/C12H16BrN3O2S/c1-12(2,3)18-11(17)15-7-4-5-8(13)9(6-7)16-10(14)19/h4-6H,1-3H3,(H,15,17)(H3,14,16,19). The van der Waals surface area contributed by atoms with Crippen molar-refractivity contribution in [1.82, 2.24) is 0 Å². The molecule has 19 heavy (non-hydrogen) atoms. The van der Waals surface area contributed by atoms with Gasteiger partial charge in [0.2, 0.25) is 0 Å². The van der Waals surface area contributed by atoms with Gasteiger partial charge in [-0.1, -0.05) is 0 Å². The van der Waals surface area contributed by atoms with Crippen LogP contribution >= 0.6 is 28.1 Å². The molecule has 0 unspecified atom stereocenters. The van der Waals surface area contributed by atoms with Crippen molar-refractivity contribution in [3.05, 3.63) is 22.7 Å². The van der Waals surface area contributed by atoms with Crippen LogP contribution in [0.25, 0.3) is 0 Å². The second-order valence-electron chi connectivity index (χ2n) is 4.81. The monoisotopic (exact) mass is 345 g/mol. The molecule has 0 aliphatic heterocycles. The first-order valence-electron chi connectivity index (χ1n) is 5.53. The van der Waals surface area contributed by atoms with Gasteiger partial charge in [0.15, 0.2) is 5.11 Å². The average Bonchev–Trinajstić information content (AvgIpc) is 2.19. The van der Waals surface area contributed by atoms with Crippen LogP contribution in [0.3, 0.4) is 0 Å². The van der Waals surface area contributed by atoms with Crippen molar-refractivity contribution >= 4 is 50.7 Å². The van der Waals surface area contributed by atoms with Crippen LogP contribution < -0.4 is 16.4 Å². The van der Waals surface area contributed by atoms with Crippen LogP contribution in [0.1, 0.15) is 20.8 Å². The Hall–Kier alpha value is -1.34. The van der Waals surface area contributed by atoms with E-state index < -0.39 is 11.7 Å². The Morgan fingerprint density at radius 2 is 2.00 bits per heavy atom. The summed E-state index contributed by atoms with van der Waals surface area (Å²) in [6, 6.07) is 5.21. The summed E-state index contributed by atoms with van der Waals surface area (Å²) in [5.74, 6) is 0. The highest BCUT2D eigenvalue weighted by Crippen LogP contribution is 2.26. The van der Waals surface area contributed by atoms with Crippen LogP contribution in [0, 0.1) is 0 Å². The van der Waals surface area contributed by atoms with Crippen LogP contribution in [-0.4, -0.2) is 16.8 Å². The molecule has 1 rings (SSSR count). The maximum Gasteiger partial charge on any atom is 0.412 e.